The molecule has 2 rings (SSSR count). The van der Waals surface area contributed by atoms with Gasteiger partial charge in [-0.15, -0.1) is 13.2 Å². The number of H-pyrrole nitrogens is 1. The van der Waals surface area contributed by atoms with Crippen LogP contribution in [0.3, 0.4) is 0 Å². The lowest BCUT2D eigenvalue weighted by molar-refractivity contribution is -0.274. The highest BCUT2D eigenvalue weighted by Crippen LogP contribution is 2.36. The molecule has 1 heterocycles. The van der Waals surface area contributed by atoms with E-state index < -0.39 is 6.36 Å². The zero-order valence-electron chi connectivity index (χ0n) is 11.6. The lowest BCUT2D eigenvalue weighted by atomic mass is 10.1. The van der Waals surface area contributed by atoms with Crippen LogP contribution < -0.4 is 9.47 Å². The zero-order valence-corrected chi connectivity index (χ0v) is 11.6. The third-order valence-electron chi connectivity index (χ3n) is 2.57. The third kappa shape index (κ3) is 4.40. The Hall–Kier alpha value is -2.18. The van der Waals surface area contributed by atoms with Crippen LogP contribution in [0.1, 0.15) is 13.8 Å². The van der Waals surface area contributed by atoms with Crippen LogP contribution in [-0.4, -0.2) is 23.2 Å². The van der Waals surface area contributed by atoms with Crippen LogP contribution in [0.5, 0.6) is 11.5 Å². The molecule has 0 unspecified atom stereocenters. The Labute approximate surface area is 119 Å². The van der Waals surface area contributed by atoms with Gasteiger partial charge in [-0.2, -0.15) is 5.10 Å². The van der Waals surface area contributed by atoms with Crippen molar-refractivity contribution in [2.45, 2.75) is 20.2 Å². The topological polar surface area (TPSA) is 47.1 Å². The fourth-order valence-electron chi connectivity index (χ4n) is 1.70. The van der Waals surface area contributed by atoms with Gasteiger partial charge in [-0.3, -0.25) is 5.10 Å². The number of rotatable bonds is 5. The standard InChI is InChI=1S/C14H15F3N2O2/c1-9(2)8-20-11-3-4-13(21-14(15,16)17)12(5-11)10-6-18-19-7-10/h3-7,9H,8H2,1-2H3,(H,18,19). The van der Waals surface area contributed by atoms with Gasteiger partial charge in [0.1, 0.15) is 11.5 Å². The minimum atomic E-state index is -4.75. The molecule has 0 saturated heterocycles. The highest BCUT2D eigenvalue weighted by Gasteiger charge is 2.32. The SMILES string of the molecule is CC(C)COc1ccc(OC(F)(F)F)c(-c2cn[nH]c2)c1. The van der Waals surface area contributed by atoms with Crippen molar-refractivity contribution in [3.63, 3.8) is 0 Å². The fourth-order valence-corrected chi connectivity index (χ4v) is 1.70. The number of nitrogens with one attached hydrogen (secondary N) is 1. The van der Waals surface area contributed by atoms with Gasteiger partial charge in [0.15, 0.2) is 0 Å². The molecule has 0 atom stereocenters. The zero-order chi connectivity index (χ0) is 15.5. The van der Waals surface area contributed by atoms with Crippen molar-refractivity contribution in [2.24, 2.45) is 5.92 Å². The van der Waals surface area contributed by atoms with Gasteiger partial charge in [-0.05, 0) is 24.1 Å². The Balaban J connectivity index is 2.33. The van der Waals surface area contributed by atoms with E-state index in [4.69, 9.17) is 4.74 Å². The van der Waals surface area contributed by atoms with E-state index in [9.17, 15) is 13.2 Å². The number of alkyl halides is 3. The van der Waals surface area contributed by atoms with Gasteiger partial charge in [0.25, 0.3) is 0 Å². The second kappa shape index (κ2) is 6.07. The first-order chi connectivity index (χ1) is 9.85. The highest BCUT2D eigenvalue weighted by molar-refractivity contribution is 5.70. The number of halogens is 3. The number of hydrogen-bond acceptors (Lipinski definition) is 3. The molecule has 114 valence electrons. The molecular formula is C14H15F3N2O2. The van der Waals surface area contributed by atoms with E-state index in [0.29, 0.717) is 23.8 Å². The first-order valence-corrected chi connectivity index (χ1v) is 6.37. The van der Waals surface area contributed by atoms with Gasteiger partial charge < -0.3 is 9.47 Å². The fraction of sp³-hybridized carbons (Fsp3) is 0.357. The van der Waals surface area contributed by atoms with E-state index in [1.807, 2.05) is 13.8 Å². The first-order valence-electron chi connectivity index (χ1n) is 6.37. The van der Waals surface area contributed by atoms with Crippen molar-refractivity contribution in [2.75, 3.05) is 6.61 Å². The highest BCUT2D eigenvalue weighted by atomic mass is 19.4. The van der Waals surface area contributed by atoms with Crippen molar-refractivity contribution < 1.29 is 22.6 Å². The number of ether oxygens (including phenoxy) is 2. The summed E-state index contributed by atoms with van der Waals surface area (Å²) in [6.07, 6.45) is -1.84. The second-order valence-electron chi connectivity index (χ2n) is 4.90. The number of nitrogens with zero attached hydrogens (tertiary/aromatic N) is 1. The maximum atomic E-state index is 12.4. The maximum absolute atomic E-state index is 12.4. The lowest BCUT2D eigenvalue weighted by Gasteiger charge is -2.15. The van der Waals surface area contributed by atoms with Crippen LogP contribution in [0.4, 0.5) is 13.2 Å². The summed E-state index contributed by atoms with van der Waals surface area (Å²) in [6, 6.07) is 4.20. The smallest absolute Gasteiger partial charge is 0.493 e. The van der Waals surface area contributed by atoms with Gasteiger partial charge >= 0.3 is 6.36 Å². The van der Waals surface area contributed by atoms with Gasteiger partial charge in [0.2, 0.25) is 0 Å². The molecule has 0 radical (unpaired) electrons. The van der Waals surface area contributed by atoms with Crippen molar-refractivity contribution in [1.29, 1.82) is 0 Å². The predicted molar refractivity (Wildman–Crippen MR) is 71.0 cm³/mol. The van der Waals surface area contributed by atoms with E-state index in [-0.39, 0.29) is 11.3 Å². The number of aromatic amines is 1. The minimum absolute atomic E-state index is 0.266. The van der Waals surface area contributed by atoms with Crippen LogP contribution in [0.2, 0.25) is 0 Å². The van der Waals surface area contributed by atoms with Crippen molar-refractivity contribution >= 4 is 0 Å². The van der Waals surface area contributed by atoms with Gasteiger partial charge in [-0.25, -0.2) is 0 Å². The van der Waals surface area contributed by atoms with E-state index in [2.05, 4.69) is 14.9 Å². The predicted octanol–water partition coefficient (Wildman–Crippen LogP) is 4.01. The van der Waals surface area contributed by atoms with Crippen molar-refractivity contribution in [1.82, 2.24) is 10.2 Å². The third-order valence-corrected chi connectivity index (χ3v) is 2.57. The molecule has 2 aromatic rings. The molecule has 1 aromatic carbocycles. The summed E-state index contributed by atoms with van der Waals surface area (Å²) < 4.78 is 46.9. The molecule has 0 saturated carbocycles. The van der Waals surface area contributed by atoms with E-state index >= 15 is 0 Å². The molecule has 4 nitrogen and oxygen atoms in total. The monoisotopic (exact) mass is 300 g/mol. The molecule has 0 bridgehead atoms. The van der Waals surface area contributed by atoms with E-state index in [1.54, 1.807) is 0 Å². The normalized spacial score (nSPS) is 11.7. The summed E-state index contributed by atoms with van der Waals surface area (Å²) in [6.45, 7) is 4.44. The summed E-state index contributed by atoms with van der Waals surface area (Å²) >= 11 is 0. The summed E-state index contributed by atoms with van der Waals surface area (Å²) in [5, 5.41) is 6.30. The summed E-state index contributed by atoms with van der Waals surface area (Å²) in [7, 11) is 0. The summed E-state index contributed by atoms with van der Waals surface area (Å²) in [5.41, 5.74) is 0.756. The van der Waals surface area contributed by atoms with Crippen LogP contribution in [0.15, 0.2) is 30.6 Å². The summed E-state index contributed by atoms with van der Waals surface area (Å²) in [5.74, 6) is 0.503. The Morgan fingerprint density at radius 2 is 2.05 bits per heavy atom. The number of aromatic nitrogens is 2. The molecule has 0 amide bonds. The summed E-state index contributed by atoms with van der Waals surface area (Å²) in [4.78, 5) is 0. The van der Waals surface area contributed by atoms with Crippen LogP contribution in [-0.2, 0) is 0 Å². The second-order valence-corrected chi connectivity index (χ2v) is 4.90. The largest absolute Gasteiger partial charge is 0.573 e. The Kier molecular flexibility index (Phi) is 4.40. The van der Waals surface area contributed by atoms with Crippen LogP contribution in [0, 0.1) is 5.92 Å². The molecule has 0 fully saturated rings. The number of benzene rings is 1. The van der Waals surface area contributed by atoms with Gasteiger partial charge in [0.05, 0.1) is 12.8 Å². The number of hydrogen-bond donors (Lipinski definition) is 1. The van der Waals surface area contributed by atoms with Crippen LogP contribution >= 0.6 is 0 Å². The average Bonchev–Trinajstić information content (AvgIpc) is 2.89. The van der Waals surface area contributed by atoms with Crippen LogP contribution in [0.25, 0.3) is 11.1 Å². The van der Waals surface area contributed by atoms with Crippen molar-refractivity contribution in [3.05, 3.63) is 30.6 Å². The molecule has 0 spiro atoms. The van der Waals surface area contributed by atoms with Gasteiger partial charge in [0, 0.05) is 17.3 Å². The molecule has 21 heavy (non-hydrogen) atoms. The molecule has 1 aromatic heterocycles. The molecule has 0 aliphatic heterocycles. The Morgan fingerprint density at radius 1 is 1.29 bits per heavy atom. The van der Waals surface area contributed by atoms with E-state index in [1.165, 1.54) is 30.6 Å². The average molecular weight is 300 g/mol. The molecule has 0 aliphatic rings. The molecule has 0 aliphatic carbocycles. The first kappa shape index (κ1) is 15.2. The Morgan fingerprint density at radius 3 is 2.62 bits per heavy atom. The van der Waals surface area contributed by atoms with Gasteiger partial charge in [-0.1, -0.05) is 13.8 Å². The molecular weight excluding hydrogens is 285 g/mol. The Bertz CT molecular complexity index is 580. The molecule has 7 heteroatoms. The lowest BCUT2D eigenvalue weighted by Crippen LogP contribution is -2.17. The minimum Gasteiger partial charge on any atom is -0.493 e. The van der Waals surface area contributed by atoms with E-state index in [0.717, 1.165) is 0 Å². The maximum Gasteiger partial charge on any atom is 0.573 e. The quantitative estimate of drug-likeness (QED) is 0.907. The van der Waals surface area contributed by atoms with Crippen molar-refractivity contribution in [3.8, 4) is 22.6 Å². The molecule has 1 N–H and O–H groups in total.